The fourth-order valence-corrected chi connectivity index (χ4v) is 1.44. The summed E-state index contributed by atoms with van der Waals surface area (Å²) in [6.07, 6.45) is 1.14. The highest BCUT2D eigenvalue weighted by Crippen LogP contribution is 2.31. The first-order valence-electron chi connectivity index (χ1n) is 3.99. The topological polar surface area (TPSA) is 50.7 Å². The molecule has 13 heavy (non-hydrogen) atoms. The summed E-state index contributed by atoms with van der Waals surface area (Å²) in [5.74, 6) is 1.13. The minimum absolute atomic E-state index is 0.121. The number of hydrogen-bond acceptors (Lipinski definition) is 4. The van der Waals surface area contributed by atoms with Gasteiger partial charge in [0, 0.05) is 6.04 Å². The summed E-state index contributed by atoms with van der Waals surface area (Å²) in [5.41, 5.74) is 0. The first-order chi connectivity index (χ1) is 6.15. The van der Waals surface area contributed by atoms with Crippen LogP contribution in [0, 0.1) is 5.92 Å². The van der Waals surface area contributed by atoms with Crippen LogP contribution in [0.4, 0.5) is 5.95 Å². The molecular weight excluding hydrogens is 211 g/mol. The highest BCUT2D eigenvalue weighted by Gasteiger charge is 2.33. The Morgan fingerprint density at radius 2 is 1.77 bits per heavy atom. The second kappa shape index (κ2) is 3.27. The molecule has 2 unspecified atom stereocenters. The Kier molecular flexibility index (Phi) is 2.26. The van der Waals surface area contributed by atoms with Crippen molar-refractivity contribution in [2.24, 2.45) is 5.92 Å². The van der Waals surface area contributed by atoms with Gasteiger partial charge in [-0.1, -0.05) is 6.92 Å². The Morgan fingerprint density at radius 1 is 1.23 bits per heavy atom. The van der Waals surface area contributed by atoms with E-state index >= 15 is 0 Å². The Bertz CT molecular complexity index is 310. The Balaban J connectivity index is 2.11. The Morgan fingerprint density at radius 3 is 2.23 bits per heavy atom. The number of nitrogens with zero attached hydrogens (tertiary/aromatic N) is 3. The van der Waals surface area contributed by atoms with E-state index in [-0.39, 0.29) is 10.6 Å². The molecule has 1 saturated carbocycles. The molecule has 70 valence electrons. The summed E-state index contributed by atoms with van der Waals surface area (Å²) in [6.45, 7) is 2.15. The minimum atomic E-state index is 0.121. The van der Waals surface area contributed by atoms with Crippen LogP contribution >= 0.6 is 23.2 Å². The van der Waals surface area contributed by atoms with Gasteiger partial charge in [-0.15, -0.1) is 0 Å². The molecule has 1 aromatic rings. The predicted octanol–water partition coefficient (Wildman–Crippen LogP) is 2.00. The third-order valence-corrected chi connectivity index (χ3v) is 2.34. The maximum absolute atomic E-state index is 5.60. The molecule has 0 amide bonds. The van der Waals surface area contributed by atoms with Gasteiger partial charge < -0.3 is 5.32 Å². The van der Waals surface area contributed by atoms with Gasteiger partial charge in [0.1, 0.15) is 0 Å². The zero-order chi connectivity index (χ0) is 9.42. The van der Waals surface area contributed by atoms with E-state index in [0.29, 0.717) is 17.9 Å². The van der Waals surface area contributed by atoms with Crippen LogP contribution in [0.25, 0.3) is 0 Å². The summed E-state index contributed by atoms with van der Waals surface area (Å²) in [5, 5.41) is 3.36. The van der Waals surface area contributed by atoms with E-state index in [1.165, 1.54) is 0 Å². The largest absolute Gasteiger partial charge is 0.351 e. The fourth-order valence-electron chi connectivity index (χ4n) is 1.08. The number of rotatable bonds is 2. The van der Waals surface area contributed by atoms with Crippen LogP contribution < -0.4 is 5.32 Å². The number of aromatic nitrogens is 3. The van der Waals surface area contributed by atoms with Crippen LogP contribution in [0.15, 0.2) is 0 Å². The van der Waals surface area contributed by atoms with Crippen molar-refractivity contribution >= 4 is 29.2 Å². The molecule has 0 aromatic carbocycles. The summed E-state index contributed by atoms with van der Waals surface area (Å²) in [4.78, 5) is 11.4. The van der Waals surface area contributed by atoms with Crippen molar-refractivity contribution in [1.82, 2.24) is 15.0 Å². The van der Waals surface area contributed by atoms with Gasteiger partial charge in [0.15, 0.2) is 0 Å². The molecule has 2 rings (SSSR count). The van der Waals surface area contributed by atoms with E-state index in [9.17, 15) is 0 Å². The molecule has 1 aromatic heterocycles. The second-order valence-corrected chi connectivity index (χ2v) is 3.84. The van der Waals surface area contributed by atoms with Gasteiger partial charge in [0.2, 0.25) is 16.5 Å². The van der Waals surface area contributed by atoms with E-state index in [0.717, 1.165) is 6.42 Å². The quantitative estimate of drug-likeness (QED) is 0.826. The molecule has 0 bridgehead atoms. The van der Waals surface area contributed by atoms with Crippen LogP contribution in [-0.4, -0.2) is 21.0 Å². The van der Waals surface area contributed by atoms with Crippen LogP contribution in [0.3, 0.4) is 0 Å². The van der Waals surface area contributed by atoms with E-state index in [2.05, 4.69) is 27.2 Å². The normalized spacial score (nSPS) is 25.8. The molecule has 1 aliphatic carbocycles. The standard InChI is InChI=1S/C7H8Cl2N4/c1-3-2-4(3)10-7-12-5(8)11-6(9)13-7/h3-4H,2H2,1H3,(H,10,11,12,13). The lowest BCUT2D eigenvalue weighted by atomic mass is 10.5. The molecule has 0 saturated heterocycles. The summed E-state index contributed by atoms with van der Waals surface area (Å²) >= 11 is 11.2. The van der Waals surface area contributed by atoms with Gasteiger partial charge in [0.05, 0.1) is 0 Å². The van der Waals surface area contributed by atoms with E-state index < -0.39 is 0 Å². The number of halogens is 2. The molecule has 1 heterocycles. The lowest BCUT2D eigenvalue weighted by Gasteiger charge is -2.02. The van der Waals surface area contributed by atoms with Gasteiger partial charge in [-0.25, -0.2) is 0 Å². The van der Waals surface area contributed by atoms with Gasteiger partial charge in [-0.05, 0) is 35.5 Å². The monoisotopic (exact) mass is 218 g/mol. The SMILES string of the molecule is CC1CC1Nc1nc(Cl)nc(Cl)n1. The third-order valence-electron chi connectivity index (χ3n) is 2.00. The molecular formula is C7H8Cl2N4. The third kappa shape index (κ3) is 2.19. The van der Waals surface area contributed by atoms with Crippen LogP contribution in [0.1, 0.15) is 13.3 Å². The van der Waals surface area contributed by atoms with Crippen LogP contribution in [0.2, 0.25) is 10.6 Å². The van der Waals surface area contributed by atoms with Crippen molar-refractivity contribution in [1.29, 1.82) is 0 Å². The van der Waals surface area contributed by atoms with E-state index in [1.54, 1.807) is 0 Å². The summed E-state index contributed by atoms with van der Waals surface area (Å²) < 4.78 is 0. The van der Waals surface area contributed by atoms with Crippen molar-refractivity contribution < 1.29 is 0 Å². The fraction of sp³-hybridized carbons (Fsp3) is 0.571. The van der Waals surface area contributed by atoms with Gasteiger partial charge in [0.25, 0.3) is 0 Å². The molecule has 4 nitrogen and oxygen atoms in total. The van der Waals surface area contributed by atoms with Crippen molar-refractivity contribution in [3.8, 4) is 0 Å². The second-order valence-electron chi connectivity index (χ2n) is 3.16. The smallest absolute Gasteiger partial charge is 0.228 e. The van der Waals surface area contributed by atoms with E-state index in [1.807, 2.05) is 0 Å². The number of nitrogens with one attached hydrogen (secondary N) is 1. The number of hydrogen-bond donors (Lipinski definition) is 1. The number of anilines is 1. The van der Waals surface area contributed by atoms with Crippen molar-refractivity contribution in [3.05, 3.63) is 10.6 Å². The minimum Gasteiger partial charge on any atom is -0.351 e. The average molecular weight is 219 g/mol. The molecule has 0 radical (unpaired) electrons. The van der Waals surface area contributed by atoms with E-state index in [4.69, 9.17) is 23.2 Å². The zero-order valence-electron chi connectivity index (χ0n) is 6.96. The Labute approximate surface area is 85.7 Å². The van der Waals surface area contributed by atoms with Crippen LogP contribution in [0.5, 0.6) is 0 Å². The molecule has 1 N–H and O–H groups in total. The van der Waals surface area contributed by atoms with Gasteiger partial charge >= 0.3 is 0 Å². The molecule has 0 aliphatic heterocycles. The van der Waals surface area contributed by atoms with Crippen molar-refractivity contribution in [2.75, 3.05) is 5.32 Å². The first-order valence-corrected chi connectivity index (χ1v) is 4.74. The van der Waals surface area contributed by atoms with Gasteiger partial charge in [-0.3, -0.25) is 0 Å². The molecule has 1 fully saturated rings. The molecule has 1 aliphatic rings. The van der Waals surface area contributed by atoms with Crippen molar-refractivity contribution in [2.45, 2.75) is 19.4 Å². The Hall–Kier alpha value is -0.610. The molecule has 6 heteroatoms. The first kappa shape index (κ1) is 8.97. The lowest BCUT2D eigenvalue weighted by Crippen LogP contribution is -2.08. The highest BCUT2D eigenvalue weighted by molar-refractivity contribution is 6.31. The maximum atomic E-state index is 5.60. The average Bonchev–Trinajstić information content (AvgIpc) is 2.63. The summed E-state index contributed by atoms with van der Waals surface area (Å²) in [7, 11) is 0. The summed E-state index contributed by atoms with van der Waals surface area (Å²) in [6, 6.07) is 0.453. The van der Waals surface area contributed by atoms with Crippen LogP contribution in [-0.2, 0) is 0 Å². The maximum Gasteiger partial charge on any atom is 0.228 e. The molecule has 0 spiro atoms. The predicted molar refractivity (Wildman–Crippen MR) is 51.0 cm³/mol. The highest BCUT2D eigenvalue weighted by atomic mass is 35.5. The molecule has 2 atom stereocenters. The van der Waals surface area contributed by atoms with Crippen molar-refractivity contribution in [3.63, 3.8) is 0 Å². The van der Waals surface area contributed by atoms with Gasteiger partial charge in [-0.2, -0.15) is 15.0 Å². The lowest BCUT2D eigenvalue weighted by molar-refractivity contribution is 0.907. The zero-order valence-corrected chi connectivity index (χ0v) is 8.47.